The van der Waals surface area contributed by atoms with Crippen molar-refractivity contribution in [2.75, 3.05) is 6.01 Å². The van der Waals surface area contributed by atoms with Crippen LogP contribution in [-0.2, 0) is 11.7 Å². The molecule has 0 saturated carbocycles. The molecule has 3 heteroatoms. The molecule has 1 rings (SSSR count). The third kappa shape index (κ3) is 2.20. The van der Waals surface area contributed by atoms with Gasteiger partial charge < -0.3 is 0 Å². The fourth-order valence-corrected chi connectivity index (χ4v) is 1.43. The van der Waals surface area contributed by atoms with E-state index in [0.717, 1.165) is 16.7 Å². The second kappa shape index (κ2) is 4.36. The standard InChI is InChI=1S/C8H8FOS/c9-6-11-8-4-2-1-3-7(8)5-10/h1-4H,5-6H2. The second-order valence-electron chi connectivity index (χ2n) is 2.01. The molecule has 0 heterocycles. The highest BCUT2D eigenvalue weighted by Gasteiger charge is 1.99. The predicted molar refractivity (Wildman–Crippen MR) is 42.7 cm³/mol. The van der Waals surface area contributed by atoms with Crippen molar-refractivity contribution in [3.8, 4) is 0 Å². The van der Waals surface area contributed by atoms with E-state index in [1.165, 1.54) is 0 Å². The lowest BCUT2D eigenvalue weighted by atomic mass is 10.2. The van der Waals surface area contributed by atoms with Gasteiger partial charge in [-0.15, -0.1) is 0 Å². The van der Waals surface area contributed by atoms with Gasteiger partial charge in [-0.2, -0.15) is 0 Å². The van der Waals surface area contributed by atoms with Crippen LogP contribution < -0.4 is 0 Å². The summed E-state index contributed by atoms with van der Waals surface area (Å²) >= 11 is 1.06. The van der Waals surface area contributed by atoms with Crippen LogP contribution in [0.2, 0.25) is 0 Å². The van der Waals surface area contributed by atoms with Gasteiger partial charge >= 0.3 is 0 Å². The van der Waals surface area contributed by atoms with Gasteiger partial charge in [0, 0.05) is 4.90 Å². The maximum absolute atomic E-state index is 11.9. The molecule has 0 saturated heterocycles. The summed E-state index contributed by atoms with van der Waals surface area (Å²) < 4.78 is 11.9. The van der Waals surface area contributed by atoms with Crippen LogP contribution in [0.4, 0.5) is 4.39 Å². The Labute approximate surface area is 69.2 Å². The molecule has 0 fully saturated rings. The Hall–Kier alpha value is -0.540. The third-order valence-corrected chi connectivity index (χ3v) is 2.16. The molecule has 0 aliphatic rings. The average Bonchev–Trinajstić information content (AvgIpc) is 2.06. The molecule has 0 bridgehead atoms. The minimum Gasteiger partial charge on any atom is -0.239 e. The van der Waals surface area contributed by atoms with E-state index in [0.29, 0.717) is 5.56 Å². The van der Waals surface area contributed by atoms with Crippen molar-refractivity contribution < 1.29 is 9.50 Å². The quantitative estimate of drug-likeness (QED) is 0.640. The van der Waals surface area contributed by atoms with E-state index in [4.69, 9.17) is 0 Å². The van der Waals surface area contributed by atoms with E-state index in [1.807, 2.05) is 0 Å². The van der Waals surface area contributed by atoms with Crippen molar-refractivity contribution in [2.24, 2.45) is 0 Å². The first-order chi connectivity index (χ1) is 5.38. The van der Waals surface area contributed by atoms with Crippen LogP contribution in [0.3, 0.4) is 0 Å². The van der Waals surface area contributed by atoms with Gasteiger partial charge in [0.25, 0.3) is 0 Å². The normalized spacial score (nSPS) is 10.0. The van der Waals surface area contributed by atoms with Gasteiger partial charge in [-0.05, 0) is 11.6 Å². The molecule has 1 radical (unpaired) electrons. The van der Waals surface area contributed by atoms with E-state index in [1.54, 1.807) is 24.3 Å². The van der Waals surface area contributed by atoms with Crippen LogP contribution in [0.25, 0.3) is 0 Å². The van der Waals surface area contributed by atoms with Crippen molar-refractivity contribution in [3.63, 3.8) is 0 Å². The van der Waals surface area contributed by atoms with Gasteiger partial charge in [-0.25, -0.2) is 9.50 Å². The number of alkyl halides is 1. The molecule has 0 aliphatic heterocycles. The van der Waals surface area contributed by atoms with Crippen LogP contribution in [0.15, 0.2) is 29.2 Å². The van der Waals surface area contributed by atoms with Crippen molar-refractivity contribution in [3.05, 3.63) is 29.8 Å². The first-order valence-corrected chi connectivity index (χ1v) is 4.22. The third-order valence-electron chi connectivity index (χ3n) is 1.34. The van der Waals surface area contributed by atoms with Crippen LogP contribution in [0, 0.1) is 0 Å². The summed E-state index contributed by atoms with van der Waals surface area (Å²) in [5.74, 6) is 0. The highest BCUT2D eigenvalue weighted by molar-refractivity contribution is 7.99. The smallest absolute Gasteiger partial charge is 0.139 e. The molecule has 1 aromatic carbocycles. The molecule has 0 N–H and O–H groups in total. The summed E-state index contributed by atoms with van der Waals surface area (Å²) in [5.41, 5.74) is 0.676. The molecule has 59 valence electrons. The molecular formula is C8H8FOS. The number of hydrogen-bond acceptors (Lipinski definition) is 1. The lowest BCUT2D eigenvalue weighted by Crippen LogP contribution is -1.84. The Kier molecular flexibility index (Phi) is 3.39. The number of hydrogen-bond donors (Lipinski definition) is 0. The van der Waals surface area contributed by atoms with Crippen LogP contribution in [0.5, 0.6) is 0 Å². The summed E-state index contributed by atoms with van der Waals surface area (Å²) in [6.07, 6.45) is 0. The monoisotopic (exact) mass is 171 g/mol. The highest BCUT2D eigenvalue weighted by atomic mass is 32.2. The topological polar surface area (TPSA) is 19.9 Å². The predicted octanol–water partition coefficient (Wildman–Crippen LogP) is 2.64. The number of halogens is 1. The van der Waals surface area contributed by atoms with Gasteiger partial charge in [0.15, 0.2) is 0 Å². The molecule has 0 aromatic heterocycles. The Balaban J connectivity index is 2.83. The summed E-state index contributed by atoms with van der Waals surface area (Å²) in [4.78, 5) is 0.755. The van der Waals surface area contributed by atoms with Gasteiger partial charge in [-0.3, -0.25) is 0 Å². The number of benzene rings is 1. The molecule has 1 aromatic rings. The van der Waals surface area contributed by atoms with Gasteiger partial charge in [0.2, 0.25) is 0 Å². The fourth-order valence-electron chi connectivity index (χ4n) is 0.823. The maximum Gasteiger partial charge on any atom is 0.139 e. The van der Waals surface area contributed by atoms with Gasteiger partial charge in [0.05, 0.1) is 0 Å². The molecule has 0 amide bonds. The molecule has 0 aliphatic carbocycles. The summed E-state index contributed by atoms with van der Waals surface area (Å²) in [7, 11) is 0. The van der Waals surface area contributed by atoms with Gasteiger partial charge in [-0.1, -0.05) is 30.0 Å². The van der Waals surface area contributed by atoms with Gasteiger partial charge in [0.1, 0.15) is 12.6 Å². The summed E-state index contributed by atoms with van der Waals surface area (Å²) in [6.45, 7) is -0.275. The Morgan fingerprint density at radius 2 is 2.09 bits per heavy atom. The van der Waals surface area contributed by atoms with Crippen LogP contribution in [0.1, 0.15) is 5.56 Å². The highest BCUT2D eigenvalue weighted by Crippen LogP contribution is 2.22. The zero-order valence-electron chi connectivity index (χ0n) is 5.92. The Morgan fingerprint density at radius 1 is 1.36 bits per heavy atom. The van der Waals surface area contributed by atoms with E-state index < -0.39 is 6.01 Å². The first kappa shape index (κ1) is 8.56. The van der Waals surface area contributed by atoms with E-state index >= 15 is 0 Å². The summed E-state index contributed by atoms with van der Waals surface area (Å²) in [5, 5.41) is 10.5. The van der Waals surface area contributed by atoms with E-state index in [2.05, 4.69) is 0 Å². The lowest BCUT2D eigenvalue weighted by Gasteiger charge is -2.01. The molecule has 0 unspecified atom stereocenters. The minimum absolute atomic E-state index is 0.275. The van der Waals surface area contributed by atoms with Crippen molar-refractivity contribution in [2.45, 2.75) is 11.5 Å². The lowest BCUT2D eigenvalue weighted by molar-refractivity contribution is 0.175. The largest absolute Gasteiger partial charge is 0.239 e. The van der Waals surface area contributed by atoms with Crippen molar-refractivity contribution >= 4 is 11.8 Å². The summed E-state index contributed by atoms with van der Waals surface area (Å²) in [6, 6.07) is 6.60. The van der Waals surface area contributed by atoms with Crippen LogP contribution in [-0.4, -0.2) is 6.01 Å². The van der Waals surface area contributed by atoms with E-state index in [-0.39, 0.29) is 6.61 Å². The van der Waals surface area contributed by atoms with Crippen LogP contribution >= 0.6 is 11.8 Å². The second-order valence-corrected chi connectivity index (χ2v) is 2.95. The SMILES string of the molecule is [O]Cc1ccccc1SCF. The molecular weight excluding hydrogens is 163 g/mol. The van der Waals surface area contributed by atoms with E-state index in [9.17, 15) is 9.50 Å². The molecule has 1 nitrogen and oxygen atoms in total. The van der Waals surface area contributed by atoms with Crippen molar-refractivity contribution in [1.82, 2.24) is 0 Å². The zero-order chi connectivity index (χ0) is 8.10. The van der Waals surface area contributed by atoms with Crippen molar-refractivity contribution in [1.29, 1.82) is 0 Å². The molecule has 11 heavy (non-hydrogen) atoms. The number of rotatable bonds is 3. The molecule has 0 atom stereocenters. The Bertz CT molecular complexity index is 227. The molecule has 0 spiro atoms. The number of thioether (sulfide) groups is 1. The maximum atomic E-state index is 11.9. The average molecular weight is 171 g/mol. The Morgan fingerprint density at radius 3 is 2.73 bits per heavy atom. The fraction of sp³-hybridized carbons (Fsp3) is 0.250. The first-order valence-electron chi connectivity index (χ1n) is 3.23. The zero-order valence-corrected chi connectivity index (χ0v) is 6.73. The minimum atomic E-state index is -0.475.